The highest BCUT2D eigenvalue weighted by Gasteiger charge is 2.07. The molecule has 114 valence electrons. The number of amidine groups is 1. The van der Waals surface area contributed by atoms with Gasteiger partial charge in [0, 0.05) is 12.0 Å². The van der Waals surface area contributed by atoms with Gasteiger partial charge >= 0.3 is 0 Å². The van der Waals surface area contributed by atoms with Gasteiger partial charge in [0.15, 0.2) is 5.88 Å². The third-order valence-electron chi connectivity index (χ3n) is 2.51. The number of rotatable bonds is 6. The van der Waals surface area contributed by atoms with E-state index in [0.29, 0.717) is 12.2 Å². The van der Waals surface area contributed by atoms with E-state index in [9.17, 15) is 8.42 Å². The van der Waals surface area contributed by atoms with Crippen LogP contribution in [0.2, 0.25) is 0 Å². The van der Waals surface area contributed by atoms with E-state index in [2.05, 4.69) is 22.9 Å². The number of nitrogens with zero attached hydrogens (tertiary/aromatic N) is 1. The molecule has 0 bridgehead atoms. The zero-order valence-corrected chi connectivity index (χ0v) is 13.3. The van der Waals surface area contributed by atoms with Crippen LogP contribution in [0.5, 0.6) is 0 Å². The number of ether oxygens (including phenoxy) is 1. The van der Waals surface area contributed by atoms with Crippen LogP contribution in [0.15, 0.2) is 47.7 Å². The summed E-state index contributed by atoms with van der Waals surface area (Å²) in [6.45, 7) is 11.3. The van der Waals surface area contributed by atoms with Crippen molar-refractivity contribution in [2.75, 3.05) is 6.26 Å². The van der Waals surface area contributed by atoms with E-state index in [1.807, 2.05) is 31.2 Å². The molecule has 0 radical (unpaired) electrons. The molecule has 1 aromatic carbocycles. The van der Waals surface area contributed by atoms with Crippen LogP contribution in [-0.2, 0) is 14.8 Å². The summed E-state index contributed by atoms with van der Waals surface area (Å²) in [7, 11) is -3.46. The van der Waals surface area contributed by atoms with Crippen LogP contribution >= 0.6 is 0 Å². The van der Waals surface area contributed by atoms with E-state index in [0.717, 1.165) is 17.4 Å². The average molecular weight is 308 g/mol. The first-order valence-electron chi connectivity index (χ1n) is 6.40. The summed E-state index contributed by atoms with van der Waals surface area (Å²) in [5, 5.41) is 2.73. The molecule has 0 aromatic heterocycles. The summed E-state index contributed by atoms with van der Waals surface area (Å²) in [4.78, 5) is 0. The number of nitrogens with one attached hydrogen (secondary N) is 1. The van der Waals surface area contributed by atoms with Gasteiger partial charge in [-0.1, -0.05) is 43.3 Å². The van der Waals surface area contributed by atoms with Crippen LogP contribution in [0, 0.1) is 6.92 Å². The lowest BCUT2D eigenvalue weighted by molar-refractivity contribution is 0.365. The van der Waals surface area contributed by atoms with Gasteiger partial charge in [0.25, 0.3) is 10.0 Å². The molecule has 1 N–H and O–H groups in total. The van der Waals surface area contributed by atoms with Gasteiger partial charge in [0.05, 0.1) is 6.26 Å². The fourth-order valence-electron chi connectivity index (χ4n) is 1.51. The quantitative estimate of drug-likeness (QED) is 0.498. The molecule has 0 fully saturated rings. The Balaban J connectivity index is 2.71. The number of hydrogen-bond donors (Lipinski definition) is 1. The Kier molecular flexibility index (Phi) is 5.72. The van der Waals surface area contributed by atoms with Crippen molar-refractivity contribution in [1.29, 1.82) is 0 Å². The molecule has 1 rings (SSSR count). The Hall–Kier alpha value is -2.08. The summed E-state index contributed by atoms with van der Waals surface area (Å²) >= 11 is 0. The summed E-state index contributed by atoms with van der Waals surface area (Å²) < 4.78 is 31.3. The van der Waals surface area contributed by atoms with Crippen LogP contribution in [0.4, 0.5) is 0 Å². The van der Waals surface area contributed by atoms with Crippen LogP contribution in [0.1, 0.15) is 24.5 Å². The zero-order chi connectivity index (χ0) is 16.0. The molecule has 6 heteroatoms. The summed E-state index contributed by atoms with van der Waals surface area (Å²) in [5.41, 5.74) is 1.96. The van der Waals surface area contributed by atoms with Crippen molar-refractivity contribution in [3.05, 3.63) is 54.4 Å². The predicted molar refractivity (Wildman–Crippen MR) is 86.1 cm³/mol. The first kappa shape index (κ1) is 17.0. The highest BCUT2D eigenvalue weighted by Crippen LogP contribution is 2.16. The minimum atomic E-state index is -3.46. The fourth-order valence-corrected chi connectivity index (χ4v) is 2.08. The third kappa shape index (κ3) is 6.27. The van der Waals surface area contributed by atoms with E-state index in [-0.39, 0.29) is 11.7 Å². The smallest absolute Gasteiger partial charge is 0.251 e. The van der Waals surface area contributed by atoms with Crippen molar-refractivity contribution in [1.82, 2.24) is 5.32 Å². The lowest BCUT2D eigenvalue weighted by atomic mass is 10.1. The highest BCUT2D eigenvalue weighted by atomic mass is 32.2. The van der Waals surface area contributed by atoms with Gasteiger partial charge in [-0.25, -0.2) is 8.42 Å². The molecule has 21 heavy (non-hydrogen) atoms. The Morgan fingerprint density at radius 2 is 1.86 bits per heavy atom. The average Bonchev–Trinajstić information content (AvgIpc) is 2.36. The predicted octanol–water partition coefficient (Wildman–Crippen LogP) is 2.81. The molecule has 0 atom stereocenters. The molecule has 0 aliphatic heterocycles. The molecule has 0 amide bonds. The van der Waals surface area contributed by atoms with E-state index in [1.165, 1.54) is 0 Å². The van der Waals surface area contributed by atoms with E-state index < -0.39 is 10.0 Å². The van der Waals surface area contributed by atoms with Crippen molar-refractivity contribution in [3.8, 4) is 0 Å². The Bertz CT molecular complexity index is 659. The van der Waals surface area contributed by atoms with Gasteiger partial charge in [-0.15, -0.1) is 0 Å². The molecule has 0 heterocycles. The van der Waals surface area contributed by atoms with Gasteiger partial charge in [-0.2, -0.15) is 4.40 Å². The van der Waals surface area contributed by atoms with Gasteiger partial charge in [0.2, 0.25) is 0 Å². The van der Waals surface area contributed by atoms with Gasteiger partial charge in [-0.3, -0.25) is 0 Å². The summed E-state index contributed by atoms with van der Waals surface area (Å²) in [6.07, 6.45) is 1.44. The molecule has 0 spiro atoms. The maximum atomic E-state index is 11.1. The van der Waals surface area contributed by atoms with Crippen molar-refractivity contribution in [3.63, 3.8) is 0 Å². The maximum Gasteiger partial charge on any atom is 0.251 e. The van der Waals surface area contributed by atoms with E-state index >= 15 is 0 Å². The largest absolute Gasteiger partial charge is 0.442 e. The van der Waals surface area contributed by atoms with Crippen molar-refractivity contribution < 1.29 is 13.2 Å². The second kappa shape index (κ2) is 7.08. The molecule has 0 unspecified atom stereocenters. The SMILES string of the molecule is C=C(N/C(CC)=N\S(C)(=O)=O)OC(=C)c1ccc(C)cc1. The molecule has 0 aliphatic rings. The molecular weight excluding hydrogens is 288 g/mol. The topological polar surface area (TPSA) is 67.8 Å². The summed E-state index contributed by atoms with van der Waals surface area (Å²) in [6, 6.07) is 7.66. The van der Waals surface area contributed by atoms with E-state index in [1.54, 1.807) is 6.92 Å². The molecule has 0 saturated heterocycles. The molecule has 0 aliphatic carbocycles. The van der Waals surface area contributed by atoms with E-state index in [4.69, 9.17) is 4.74 Å². The number of aryl methyl sites for hydroxylation is 1. The van der Waals surface area contributed by atoms with Crippen molar-refractivity contribution >= 4 is 21.6 Å². The first-order valence-corrected chi connectivity index (χ1v) is 8.24. The third-order valence-corrected chi connectivity index (χ3v) is 3.07. The van der Waals surface area contributed by atoms with Crippen molar-refractivity contribution in [2.24, 2.45) is 4.40 Å². The van der Waals surface area contributed by atoms with Crippen LogP contribution in [0.3, 0.4) is 0 Å². The standard InChI is InChI=1S/C15H20N2O3S/c1-6-15(17-21(5,18)19)16-13(4)20-12(3)14-9-7-11(2)8-10-14/h7-10H,3-4,6H2,1-2,5H3,(H,16,17). The Morgan fingerprint density at radius 3 is 2.33 bits per heavy atom. The fraction of sp³-hybridized carbons (Fsp3) is 0.267. The van der Waals surface area contributed by atoms with Crippen LogP contribution in [0.25, 0.3) is 5.76 Å². The first-order chi connectivity index (χ1) is 9.71. The monoisotopic (exact) mass is 308 g/mol. The lowest BCUT2D eigenvalue weighted by Gasteiger charge is -2.13. The molecule has 0 saturated carbocycles. The van der Waals surface area contributed by atoms with Gasteiger partial charge < -0.3 is 10.1 Å². The minimum absolute atomic E-state index is 0.171. The molecule has 5 nitrogen and oxygen atoms in total. The normalized spacial score (nSPS) is 11.9. The lowest BCUT2D eigenvalue weighted by Crippen LogP contribution is -2.23. The highest BCUT2D eigenvalue weighted by molar-refractivity contribution is 7.89. The maximum absolute atomic E-state index is 11.1. The summed E-state index contributed by atoms with van der Waals surface area (Å²) in [5.74, 6) is 0.853. The molecular formula is C15H20N2O3S. The van der Waals surface area contributed by atoms with Gasteiger partial charge in [-0.05, 0) is 13.5 Å². The second-order valence-electron chi connectivity index (χ2n) is 4.56. The Labute approximate surface area is 126 Å². The van der Waals surface area contributed by atoms with Crippen LogP contribution < -0.4 is 5.32 Å². The van der Waals surface area contributed by atoms with Crippen LogP contribution in [-0.4, -0.2) is 20.5 Å². The number of benzene rings is 1. The van der Waals surface area contributed by atoms with Gasteiger partial charge in [0.1, 0.15) is 11.6 Å². The number of hydrogen-bond acceptors (Lipinski definition) is 3. The number of sulfonamides is 1. The minimum Gasteiger partial charge on any atom is -0.442 e. The van der Waals surface area contributed by atoms with Crippen molar-refractivity contribution in [2.45, 2.75) is 20.3 Å². The molecule has 1 aromatic rings. The Morgan fingerprint density at radius 1 is 1.29 bits per heavy atom. The second-order valence-corrected chi connectivity index (χ2v) is 6.21. The zero-order valence-electron chi connectivity index (χ0n) is 12.5.